The van der Waals surface area contributed by atoms with Crippen LogP contribution in [0, 0.1) is 15.5 Å². The third-order valence-corrected chi connectivity index (χ3v) is 8.07. The molecular formula is C24H27N3O7S. The average Bonchev–Trinajstić information content (AvgIpc) is 3.18. The van der Waals surface area contributed by atoms with Gasteiger partial charge in [0.15, 0.2) is 0 Å². The van der Waals surface area contributed by atoms with Gasteiger partial charge in [-0.05, 0) is 24.1 Å². The number of nitro groups is 1. The summed E-state index contributed by atoms with van der Waals surface area (Å²) in [6, 6.07) is 4.97. The summed E-state index contributed by atoms with van der Waals surface area (Å²) >= 11 is 1.37. The number of hydrogen-bond donors (Lipinski definition) is 0. The highest BCUT2D eigenvalue weighted by atomic mass is 32.2. The number of esters is 1. The van der Waals surface area contributed by atoms with Gasteiger partial charge >= 0.3 is 5.97 Å². The Hall–Kier alpha value is -3.21. The maximum atomic E-state index is 13.3. The fourth-order valence-corrected chi connectivity index (χ4v) is 6.06. The molecular weight excluding hydrogens is 474 g/mol. The SMILES string of the molecule is CCCCC=CC1(C(=O)OCc2ccc([N+](=O)[O-])cc2)CS[C@@H]2C(N3C(=O)CCC3=O)C(=O)N2C1. The third-order valence-electron chi connectivity index (χ3n) is 6.53. The molecule has 10 nitrogen and oxygen atoms in total. The van der Waals surface area contributed by atoms with E-state index in [0.717, 1.165) is 24.2 Å². The summed E-state index contributed by atoms with van der Waals surface area (Å²) in [5.41, 5.74) is -0.498. The number of imide groups is 1. The Balaban J connectivity index is 1.47. The summed E-state index contributed by atoms with van der Waals surface area (Å²) in [5, 5.41) is 10.5. The van der Waals surface area contributed by atoms with Crippen LogP contribution >= 0.6 is 11.8 Å². The van der Waals surface area contributed by atoms with Crippen molar-refractivity contribution in [3.05, 3.63) is 52.1 Å². The highest BCUT2D eigenvalue weighted by Gasteiger charge is 2.60. The van der Waals surface area contributed by atoms with Crippen LogP contribution in [0.25, 0.3) is 0 Å². The van der Waals surface area contributed by atoms with Crippen LogP contribution in [0.4, 0.5) is 5.69 Å². The standard InChI is InChI=1S/C24H27N3O7S/c1-2-3-4-5-12-24(23(31)34-13-16-6-8-17(9-7-16)27(32)33)14-25-21(30)20(22(25)35-15-24)26-18(28)10-11-19(26)29/h5-9,12,20,22H,2-4,10-11,13-15H2,1H3/t20?,22-,24?/m1/s1. The van der Waals surface area contributed by atoms with Crippen molar-refractivity contribution in [1.29, 1.82) is 0 Å². The van der Waals surface area contributed by atoms with Crippen LogP contribution in [-0.2, 0) is 30.5 Å². The van der Waals surface area contributed by atoms with Gasteiger partial charge in [-0.3, -0.25) is 34.2 Å². The second-order valence-corrected chi connectivity index (χ2v) is 10.1. The molecule has 1 aromatic carbocycles. The number of hydrogen-bond acceptors (Lipinski definition) is 8. The van der Waals surface area contributed by atoms with Crippen molar-refractivity contribution in [2.24, 2.45) is 5.41 Å². The summed E-state index contributed by atoms with van der Waals surface area (Å²) in [4.78, 5) is 63.6. The van der Waals surface area contributed by atoms with Gasteiger partial charge < -0.3 is 9.64 Å². The van der Waals surface area contributed by atoms with Gasteiger partial charge in [0.2, 0.25) is 17.7 Å². The van der Waals surface area contributed by atoms with Crippen molar-refractivity contribution < 1.29 is 28.8 Å². The van der Waals surface area contributed by atoms with E-state index in [1.807, 2.05) is 12.2 Å². The lowest BCUT2D eigenvalue weighted by Crippen LogP contribution is -2.74. The average molecular weight is 502 g/mol. The van der Waals surface area contributed by atoms with Gasteiger partial charge in [0.25, 0.3) is 5.69 Å². The number of nitrogens with zero attached hydrogens (tertiary/aromatic N) is 3. The monoisotopic (exact) mass is 501 g/mol. The minimum Gasteiger partial charge on any atom is -0.460 e. The van der Waals surface area contributed by atoms with E-state index in [1.165, 1.54) is 36.0 Å². The summed E-state index contributed by atoms with van der Waals surface area (Å²) in [6.07, 6.45) is 6.75. The van der Waals surface area contributed by atoms with Gasteiger partial charge in [-0.2, -0.15) is 0 Å². The Morgan fingerprint density at radius 1 is 1.23 bits per heavy atom. The molecule has 3 heterocycles. The number of allylic oxidation sites excluding steroid dienone is 1. The maximum absolute atomic E-state index is 13.3. The van der Waals surface area contributed by atoms with Crippen LogP contribution in [0.3, 0.4) is 0 Å². The molecule has 0 radical (unpaired) electrons. The second kappa shape index (κ2) is 10.2. The lowest BCUT2D eigenvalue weighted by molar-refractivity contribution is -0.384. The van der Waals surface area contributed by atoms with Crippen LogP contribution in [0.2, 0.25) is 0 Å². The van der Waals surface area contributed by atoms with Crippen LogP contribution in [0.1, 0.15) is 44.6 Å². The summed E-state index contributed by atoms with van der Waals surface area (Å²) in [7, 11) is 0. The molecule has 0 bridgehead atoms. The number of unbranched alkanes of at least 4 members (excludes halogenated alkanes) is 2. The quantitative estimate of drug-likeness (QED) is 0.0961. The van der Waals surface area contributed by atoms with Crippen molar-refractivity contribution in [3.63, 3.8) is 0 Å². The Bertz CT molecular complexity index is 1060. The molecule has 0 N–H and O–H groups in total. The number of fused-ring (bicyclic) bond motifs is 1. The molecule has 35 heavy (non-hydrogen) atoms. The predicted octanol–water partition coefficient (Wildman–Crippen LogP) is 2.80. The maximum Gasteiger partial charge on any atom is 0.318 e. The normalized spacial score (nSPS) is 26.1. The Kier molecular flexibility index (Phi) is 7.25. The van der Waals surface area contributed by atoms with E-state index in [9.17, 15) is 29.3 Å². The molecule has 2 unspecified atom stereocenters. The molecule has 3 aliphatic rings. The number of carbonyl (C=O) groups is 4. The molecule has 4 rings (SSSR count). The third kappa shape index (κ3) is 4.82. The number of carbonyl (C=O) groups excluding carboxylic acids is 4. The van der Waals surface area contributed by atoms with Crippen molar-refractivity contribution >= 4 is 41.1 Å². The zero-order valence-corrected chi connectivity index (χ0v) is 20.2. The van der Waals surface area contributed by atoms with E-state index in [2.05, 4.69) is 6.92 Å². The molecule has 3 fully saturated rings. The first-order valence-electron chi connectivity index (χ1n) is 11.6. The lowest BCUT2D eigenvalue weighted by atomic mass is 9.86. The van der Waals surface area contributed by atoms with Gasteiger partial charge in [0.1, 0.15) is 23.4 Å². The van der Waals surface area contributed by atoms with Crippen LogP contribution in [0.15, 0.2) is 36.4 Å². The molecule has 0 saturated carbocycles. The van der Waals surface area contributed by atoms with Crippen molar-refractivity contribution in [1.82, 2.24) is 9.80 Å². The number of nitro benzene ring substituents is 1. The number of benzene rings is 1. The minimum atomic E-state index is -1.06. The number of β-lactam (4-membered cyclic amide) rings is 1. The molecule has 0 spiro atoms. The molecule has 3 aliphatic heterocycles. The highest BCUT2D eigenvalue weighted by molar-refractivity contribution is 8.00. The Morgan fingerprint density at radius 3 is 2.54 bits per heavy atom. The van der Waals surface area contributed by atoms with Crippen molar-refractivity contribution in [2.75, 3.05) is 12.3 Å². The Labute approximate surface area is 206 Å². The van der Waals surface area contributed by atoms with E-state index in [1.54, 1.807) is 4.90 Å². The van der Waals surface area contributed by atoms with Gasteiger partial charge in [-0.1, -0.05) is 31.9 Å². The van der Waals surface area contributed by atoms with E-state index >= 15 is 0 Å². The van der Waals surface area contributed by atoms with E-state index < -0.39 is 22.3 Å². The van der Waals surface area contributed by atoms with Gasteiger partial charge in [0, 0.05) is 37.3 Å². The number of rotatable bonds is 9. The molecule has 3 saturated heterocycles. The summed E-state index contributed by atoms with van der Waals surface area (Å²) in [5.74, 6) is -1.13. The number of ether oxygens (including phenoxy) is 1. The van der Waals surface area contributed by atoms with E-state index in [4.69, 9.17) is 4.74 Å². The lowest BCUT2D eigenvalue weighted by Gasteiger charge is -2.55. The first-order valence-corrected chi connectivity index (χ1v) is 12.7. The zero-order chi connectivity index (χ0) is 25.2. The summed E-state index contributed by atoms with van der Waals surface area (Å²) < 4.78 is 5.60. The minimum absolute atomic E-state index is 0.0501. The van der Waals surface area contributed by atoms with Crippen molar-refractivity contribution in [2.45, 2.75) is 57.1 Å². The molecule has 0 aromatic heterocycles. The van der Waals surface area contributed by atoms with Crippen molar-refractivity contribution in [3.8, 4) is 0 Å². The predicted molar refractivity (Wildman–Crippen MR) is 127 cm³/mol. The fourth-order valence-electron chi connectivity index (χ4n) is 4.51. The molecule has 186 valence electrons. The Morgan fingerprint density at radius 2 is 1.91 bits per heavy atom. The molecule has 1 aromatic rings. The fraction of sp³-hybridized carbons (Fsp3) is 0.500. The highest BCUT2D eigenvalue weighted by Crippen LogP contribution is 2.46. The van der Waals surface area contributed by atoms with Crippen LogP contribution < -0.4 is 0 Å². The molecule has 3 atom stereocenters. The largest absolute Gasteiger partial charge is 0.460 e. The molecule has 11 heteroatoms. The first-order chi connectivity index (χ1) is 16.8. The van der Waals surface area contributed by atoms with Gasteiger partial charge in [-0.15, -0.1) is 11.8 Å². The number of amides is 3. The summed E-state index contributed by atoms with van der Waals surface area (Å²) in [6.45, 7) is 2.13. The number of thioether (sulfide) groups is 1. The number of non-ortho nitro benzene ring substituents is 1. The van der Waals surface area contributed by atoms with E-state index in [-0.39, 0.29) is 54.8 Å². The second-order valence-electron chi connectivity index (χ2n) is 8.97. The molecule has 0 aliphatic carbocycles. The van der Waals surface area contributed by atoms with E-state index in [0.29, 0.717) is 11.3 Å². The van der Waals surface area contributed by atoms with Gasteiger partial charge in [0.05, 0.1) is 4.92 Å². The number of likely N-dealkylation sites (tertiary alicyclic amines) is 1. The topological polar surface area (TPSA) is 127 Å². The van der Waals surface area contributed by atoms with Crippen LogP contribution in [0.5, 0.6) is 0 Å². The molecule has 3 amide bonds. The van der Waals surface area contributed by atoms with Gasteiger partial charge in [-0.25, -0.2) is 0 Å². The zero-order valence-electron chi connectivity index (χ0n) is 19.4. The van der Waals surface area contributed by atoms with Crippen LogP contribution in [-0.4, -0.2) is 62.1 Å². The first kappa shape index (κ1) is 24.9. The smallest absolute Gasteiger partial charge is 0.318 e.